The van der Waals surface area contributed by atoms with Gasteiger partial charge < -0.3 is 4.74 Å². The van der Waals surface area contributed by atoms with Crippen molar-refractivity contribution in [1.29, 1.82) is 0 Å². The first-order valence-corrected chi connectivity index (χ1v) is 11.9. The molecule has 0 unspecified atom stereocenters. The molecule has 2 fully saturated rings. The van der Waals surface area contributed by atoms with Crippen LogP contribution >= 0.6 is 0 Å². The van der Waals surface area contributed by atoms with Crippen LogP contribution in [-0.4, -0.2) is 12.6 Å². The lowest BCUT2D eigenvalue weighted by molar-refractivity contribution is -0.145. The third-order valence-corrected chi connectivity index (χ3v) is 6.92. The molecular weight excluding hydrogens is 320 g/mol. The Morgan fingerprint density at radius 1 is 0.731 bits per heavy atom. The van der Waals surface area contributed by atoms with E-state index in [1.165, 1.54) is 103 Å². The number of esters is 1. The highest BCUT2D eigenvalue weighted by Gasteiger charge is 2.29. The normalized spacial score (nSPS) is 24.5. The zero-order chi connectivity index (χ0) is 18.5. The summed E-state index contributed by atoms with van der Waals surface area (Å²) in [5, 5.41) is 0. The van der Waals surface area contributed by atoms with Crippen LogP contribution in [0.25, 0.3) is 0 Å². The summed E-state index contributed by atoms with van der Waals surface area (Å²) >= 11 is 0. The van der Waals surface area contributed by atoms with Gasteiger partial charge in [-0.15, -0.1) is 0 Å². The maximum Gasteiger partial charge on any atom is 0.306 e. The Morgan fingerprint density at radius 3 is 1.96 bits per heavy atom. The van der Waals surface area contributed by atoms with Crippen LogP contribution in [-0.2, 0) is 9.53 Å². The molecule has 0 bridgehead atoms. The number of ether oxygens (including phenoxy) is 1. The Bertz CT molecular complexity index is 351. The zero-order valence-electron chi connectivity index (χ0n) is 17.5. The fourth-order valence-electron chi connectivity index (χ4n) is 5.19. The third kappa shape index (κ3) is 8.91. The van der Waals surface area contributed by atoms with Gasteiger partial charge in [0.15, 0.2) is 0 Å². The lowest BCUT2D eigenvalue weighted by Crippen LogP contribution is -2.25. The van der Waals surface area contributed by atoms with Gasteiger partial charge in [0, 0.05) is 6.42 Å². The minimum atomic E-state index is 0.0639. The second kappa shape index (κ2) is 13.6. The molecule has 0 spiro atoms. The van der Waals surface area contributed by atoms with Crippen molar-refractivity contribution in [3.8, 4) is 0 Å². The molecule has 0 aromatic rings. The fourth-order valence-corrected chi connectivity index (χ4v) is 5.19. The van der Waals surface area contributed by atoms with Gasteiger partial charge in [-0.05, 0) is 49.9 Å². The Hall–Kier alpha value is -0.530. The van der Waals surface area contributed by atoms with E-state index in [0.29, 0.717) is 18.9 Å². The largest absolute Gasteiger partial charge is 0.466 e. The van der Waals surface area contributed by atoms with Crippen molar-refractivity contribution in [3.63, 3.8) is 0 Å². The Balaban J connectivity index is 1.44. The van der Waals surface area contributed by atoms with Gasteiger partial charge in [-0.2, -0.15) is 0 Å². The summed E-state index contributed by atoms with van der Waals surface area (Å²) in [5.74, 6) is 2.62. The maximum atomic E-state index is 12.1. The summed E-state index contributed by atoms with van der Waals surface area (Å²) in [6.07, 6.45) is 23.6. The first-order chi connectivity index (χ1) is 12.8. The smallest absolute Gasteiger partial charge is 0.306 e. The van der Waals surface area contributed by atoms with E-state index in [2.05, 4.69) is 6.92 Å². The molecule has 2 nitrogen and oxygen atoms in total. The topological polar surface area (TPSA) is 26.3 Å². The molecule has 2 aliphatic carbocycles. The Morgan fingerprint density at radius 2 is 1.31 bits per heavy atom. The quantitative estimate of drug-likeness (QED) is 0.265. The van der Waals surface area contributed by atoms with Crippen LogP contribution in [0.15, 0.2) is 0 Å². The first-order valence-electron chi connectivity index (χ1n) is 11.9. The number of hydrogen-bond acceptors (Lipinski definition) is 2. The number of hydrogen-bond donors (Lipinski definition) is 0. The highest BCUT2D eigenvalue weighted by molar-refractivity contribution is 5.69. The molecule has 2 aliphatic rings. The zero-order valence-corrected chi connectivity index (χ0v) is 17.5. The maximum absolute atomic E-state index is 12.1. The number of carbonyl (C=O) groups excluding carboxylic acids is 1. The molecule has 0 radical (unpaired) electrons. The SMILES string of the molecule is CCCCCCCCCCOC(=O)CC1CCC(C2CCCCC2)CC1. The fraction of sp³-hybridized carbons (Fsp3) is 0.958. The van der Waals surface area contributed by atoms with Crippen molar-refractivity contribution in [2.45, 2.75) is 122 Å². The van der Waals surface area contributed by atoms with Crippen molar-refractivity contribution in [2.75, 3.05) is 6.61 Å². The Labute approximate surface area is 162 Å². The molecule has 2 saturated carbocycles. The predicted octanol–water partition coefficient (Wildman–Crippen LogP) is 7.45. The average molecular weight is 365 g/mol. The molecule has 0 aliphatic heterocycles. The molecule has 0 atom stereocenters. The molecule has 152 valence electrons. The van der Waals surface area contributed by atoms with Crippen LogP contribution in [0.5, 0.6) is 0 Å². The van der Waals surface area contributed by atoms with E-state index in [9.17, 15) is 4.79 Å². The van der Waals surface area contributed by atoms with Crippen molar-refractivity contribution < 1.29 is 9.53 Å². The second-order valence-electron chi connectivity index (χ2n) is 9.08. The minimum Gasteiger partial charge on any atom is -0.466 e. The van der Waals surface area contributed by atoms with E-state index in [0.717, 1.165) is 18.3 Å². The lowest BCUT2D eigenvalue weighted by Gasteiger charge is -2.35. The molecule has 0 aromatic carbocycles. The molecule has 0 aromatic heterocycles. The molecule has 2 rings (SSSR count). The van der Waals surface area contributed by atoms with Crippen LogP contribution in [0.3, 0.4) is 0 Å². The summed E-state index contributed by atoms with van der Waals surface area (Å²) < 4.78 is 5.49. The van der Waals surface area contributed by atoms with Crippen molar-refractivity contribution >= 4 is 5.97 Å². The predicted molar refractivity (Wildman–Crippen MR) is 110 cm³/mol. The minimum absolute atomic E-state index is 0.0639. The van der Waals surface area contributed by atoms with Gasteiger partial charge >= 0.3 is 5.97 Å². The highest BCUT2D eigenvalue weighted by Crippen LogP contribution is 2.40. The lowest BCUT2D eigenvalue weighted by atomic mass is 9.70. The van der Waals surface area contributed by atoms with E-state index in [-0.39, 0.29) is 5.97 Å². The number of rotatable bonds is 12. The Kier molecular flexibility index (Phi) is 11.4. The molecule has 2 heteroatoms. The van der Waals surface area contributed by atoms with Gasteiger partial charge in [0.05, 0.1) is 6.61 Å². The van der Waals surface area contributed by atoms with E-state index in [1.54, 1.807) is 0 Å². The van der Waals surface area contributed by atoms with Crippen LogP contribution < -0.4 is 0 Å². The molecule has 0 N–H and O–H groups in total. The summed E-state index contributed by atoms with van der Waals surface area (Å²) in [6, 6.07) is 0. The van der Waals surface area contributed by atoms with Gasteiger partial charge in [-0.3, -0.25) is 4.79 Å². The molecule has 26 heavy (non-hydrogen) atoms. The van der Waals surface area contributed by atoms with Crippen LogP contribution in [0.1, 0.15) is 122 Å². The molecule has 0 heterocycles. The average Bonchev–Trinajstić information content (AvgIpc) is 2.68. The van der Waals surface area contributed by atoms with Gasteiger partial charge in [-0.25, -0.2) is 0 Å². The van der Waals surface area contributed by atoms with Crippen molar-refractivity contribution in [2.24, 2.45) is 17.8 Å². The van der Waals surface area contributed by atoms with E-state index in [1.807, 2.05) is 0 Å². The van der Waals surface area contributed by atoms with Gasteiger partial charge in [0.1, 0.15) is 0 Å². The van der Waals surface area contributed by atoms with Crippen LogP contribution in [0, 0.1) is 17.8 Å². The van der Waals surface area contributed by atoms with Gasteiger partial charge in [0.25, 0.3) is 0 Å². The summed E-state index contributed by atoms with van der Waals surface area (Å²) in [4.78, 5) is 12.1. The van der Waals surface area contributed by atoms with E-state index in [4.69, 9.17) is 4.74 Å². The number of unbranched alkanes of at least 4 members (excludes halogenated alkanes) is 7. The third-order valence-electron chi connectivity index (χ3n) is 6.92. The number of carbonyl (C=O) groups is 1. The summed E-state index contributed by atoms with van der Waals surface area (Å²) in [7, 11) is 0. The summed E-state index contributed by atoms with van der Waals surface area (Å²) in [5.41, 5.74) is 0. The van der Waals surface area contributed by atoms with Gasteiger partial charge in [-0.1, -0.05) is 84.0 Å². The second-order valence-corrected chi connectivity index (χ2v) is 9.08. The standard InChI is InChI=1S/C24H44O2/c1-2-3-4-5-6-7-8-12-19-26-24(25)20-21-15-17-23(18-16-21)22-13-10-9-11-14-22/h21-23H,2-20H2,1H3. The van der Waals surface area contributed by atoms with Crippen molar-refractivity contribution in [1.82, 2.24) is 0 Å². The molecular formula is C24H44O2. The van der Waals surface area contributed by atoms with E-state index >= 15 is 0 Å². The van der Waals surface area contributed by atoms with E-state index < -0.39 is 0 Å². The highest BCUT2D eigenvalue weighted by atomic mass is 16.5. The molecule has 0 saturated heterocycles. The van der Waals surface area contributed by atoms with Gasteiger partial charge in [0.2, 0.25) is 0 Å². The van der Waals surface area contributed by atoms with Crippen molar-refractivity contribution in [3.05, 3.63) is 0 Å². The van der Waals surface area contributed by atoms with Crippen LogP contribution in [0.4, 0.5) is 0 Å². The van der Waals surface area contributed by atoms with Crippen LogP contribution in [0.2, 0.25) is 0 Å². The monoisotopic (exact) mass is 364 g/mol. The molecule has 0 amide bonds. The summed E-state index contributed by atoms with van der Waals surface area (Å²) in [6.45, 7) is 2.90. The first kappa shape index (κ1) is 21.8.